The molecule has 0 saturated carbocycles. The molecule has 0 atom stereocenters. The van der Waals surface area contributed by atoms with Crippen LogP contribution in [-0.4, -0.2) is 14.6 Å². The van der Waals surface area contributed by atoms with E-state index in [1.54, 1.807) is 10.7 Å². The van der Waals surface area contributed by atoms with Crippen LogP contribution in [0, 0.1) is 0 Å². The van der Waals surface area contributed by atoms with Crippen LogP contribution in [0.4, 0.5) is 5.82 Å². The van der Waals surface area contributed by atoms with Gasteiger partial charge in [0.05, 0.1) is 16.2 Å². The molecule has 0 aliphatic rings. The lowest BCUT2D eigenvalue weighted by Gasteiger charge is -2.09. The third kappa shape index (κ3) is 1.67. The second-order valence-electron chi connectivity index (χ2n) is 3.76. The molecule has 0 unspecified atom stereocenters. The van der Waals surface area contributed by atoms with E-state index in [4.69, 9.17) is 17.3 Å². The van der Waals surface area contributed by atoms with Crippen LogP contribution in [0.5, 0.6) is 0 Å². The molecule has 4 nitrogen and oxygen atoms in total. The average molecular weight is 324 g/mol. The molecule has 0 bridgehead atoms. The summed E-state index contributed by atoms with van der Waals surface area (Å²) in [6.07, 6.45) is 1.64. The Kier molecular flexibility index (Phi) is 2.72. The van der Waals surface area contributed by atoms with E-state index in [9.17, 15) is 0 Å². The number of aromatic nitrogens is 3. The summed E-state index contributed by atoms with van der Waals surface area (Å²) < 4.78 is 2.33. The topological polar surface area (TPSA) is 56.2 Å². The van der Waals surface area contributed by atoms with Crippen LogP contribution < -0.4 is 5.73 Å². The highest BCUT2D eigenvalue weighted by atomic mass is 79.9. The smallest absolute Gasteiger partial charge is 0.173 e. The van der Waals surface area contributed by atoms with E-state index in [2.05, 4.69) is 26.0 Å². The van der Waals surface area contributed by atoms with Gasteiger partial charge in [-0.3, -0.25) is 0 Å². The molecule has 2 heterocycles. The number of rotatable bonds is 1. The van der Waals surface area contributed by atoms with Crippen LogP contribution in [0.25, 0.3) is 16.8 Å². The molecule has 3 rings (SSSR count). The Bertz CT molecular complexity index is 724. The zero-order valence-electron chi connectivity index (χ0n) is 9.14. The van der Waals surface area contributed by atoms with Gasteiger partial charge in [0.25, 0.3) is 0 Å². The molecule has 0 saturated heterocycles. The third-order valence-electron chi connectivity index (χ3n) is 2.66. The predicted octanol–water partition coefficient (Wildman–Crippen LogP) is 3.39. The van der Waals surface area contributed by atoms with Gasteiger partial charge in [0, 0.05) is 0 Å². The van der Waals surface area contributed by atoms with Crippen molar-refractivity contribution in [1.29, 1.82) is 0 Å². The lowest BCUT2D eigenvalue weighted by atomic mass is 10.1. The summed E-state index contributed by atoms with van der Waals surface area (Å²) in [4.78, 5) is 4.31. The Morgan fingerprint density at radius 1 is 1.22 bits per heavy atom. The molecule has 2 N–H and O–H groups in total. The zero-order chi connectivity index (χ0) is 12.7. The van der Waals surface area contributed by atoms with Gasteiger partial charge in [-0.25, -0.2) is 4.98 Å². The van der Waals surface area contributed by atoms with Crippen molar-refractivity contribution in [3.8, 4) is 11.1 Å². The zero-order valence-corrected chi connectivity index (χ0v) is 11.5. The van der Waals surface area contributed by atoms with Crippen LogP contribution in [0.1, 0.15) is 0 Å². The molecule has 3 aromatic rings. The number of fused-ring (bicyclic) bond motifs is 1. The maximum atomic E-state index is 6.22. The molecule has 1 aromatic carbocycles. The van der Waals surface area contributed by atoms with Crippen LogP contribution in [0.15, 0.2) is 41.0 Å². The molecule has 0 radical (unpaired) electrons. The van der Waals surface area contributed by atoms with Gasteiger partial charge in [-0.1, -0.05) is 41.9 Å². The predicted molar refractivity (Wildman–Crippen MR) is 75.5 cm³/mol. The summed E-state index contributed by atoms with van der Waals surface area (Å²) in [5.74, 6) is 0.474. The number of hydrogen-bond acceptors (Lipinski definition) is 3. The van der Waals surface area contributed by atoms with Crippen molar-refractivity contribution < 1.29 is 0 Å². The van der Waals surface area contributed by atoms with E-state index < -0.39 is 0 Å². The van der Waals surface area contributed by atoms with Gasteiger partial charge in [0.1, 0.15) is 11.0 Å². The lowest BCUT2D eigenvalue weighted by Crippen LogP contribution is -2.03. The Hall–Kier alpha value is -1.59. The van der Waals surface area contributed by atoms with Crippen LogP contribution in [-0.2, 0) is 0 Å². The maximum Gasteiger partial charge on any atom is 0.173 e. The van der Waals surface area contributed by atoms with Crippen molar-refractivity contribution in [2.45, 2.75) is 0 Å². The first-order valence-corrected chi connectivity index (χ1v) is 6.39. The summed E-state index contributed by atoms with van der Waals surface area (Å²) in [6.45, 7) is 0. The number of nitrogen functional groups attached to an aromatic ring is 1. The van der Waals surface area contributed by atoms with Gasteiger partial charge in [0.2, 0.25) is 0 Å². The van der Waals surface area contributed by atoms with Crippen LogP contribution >= 0.6 is 27.5 Å². The SMILES string of the molecule is Nc1c(-c2ccccc2)c(Cl)nc2c(Br)cnn12. The first-order chi connectivity index (χ1) is 8.68. The van der Waals surface area contributed by atoms with Crippen molar-refractivity contribution in [3.05, 3.63) is 46.2 Å². The van der Waals surface area contributed by atoms with E-state index in [1.807, 2.05) is 30.3 Å². The summed E-state index contributed by atoms with van der Waals surface area (Å²) >= 11 is 9.57. The average Bonchev–Trinajstić information content (AvgIpc) is 2.73. The van der Waals surface area contributed by atoms with Gasteiger partial charge in [-0.05, 0) is 21.5 Å². The van der Waals surface area contributed by atoms with Crippen molar-refractivity contribution in [3.63, 3.8) is 0 Å². The molecule has 90 valence electrons. The fourth-order valence-corrected chi connectivity index (χ4v) is 2.47. The molecule has 0 aliphatic heterocycles. The van der Waals surface area contributed by atoms with E-state index in [1.165, 1.54) is 0 Å². The second-order valence-corrected chi connectivity index (χ2v) is 4.97. The first-order valence-electron chi connectivity index (χ1n) is 5.22. The molecule has 2 aromatic heterocycles. The minimum Gasteiger partial charge on any atom is -0.383 e. The summed E-state index contributed by atoms with van der Waals surface area (Å²) in [5, 5.41) is 4.54. The second kappa shape index (κ2) is 4.26. The van der Waals surface area contributed by atoms with Crippen molar-refractivity contribution in [1.82, 2.24) is 14.6 Å². The maximum absolute atomic E-state index is 6.22. The minimum absolute atomic E-state index is 0.368. The Labute approximate surface area is 117 Å². The van der Waals surface area contributed by atoms with Gasteiger partial charge < -0.3 is 5.73 Å². The highest BCUT2D eigenvalue weighted by Gasteiger charge is 2.15. The first kappa shape index (κ1) is 11.5. The van der Waals surface area contributed by atoms with Crippen LogP contribution in [0.2, 0.25) is 5.15 Å². The highest BCUT2D eigenvalue weighted by Crippen LogP contribution is 2.33. The van der Waals surface area contributed by atoms with Crippen molar-refractivity contribution in [2.24, 2.45) is 0 Å². The van der Waals surface area contributed by atoms with Crippen molar-refractivity contribution >= 4 is 39.0 Å². The third-order valence-corrected chi connectivity index (χ3v) is 3.49. The van der Waals surface area contributed by atoms with E-state index in [-0.39, 0.29) is 0 Å². The monoisotopic (exact) mass is 322 g/mol. The quantitative estimate of drug-likeness (QED) is 0.698. The largest absolute Gasteiger partial charge is 0.383 e. The number of nitrogens with zero attached hydrogens (tertiary/aromatic N) is 3. The summed E-state index contributed by atoms with van der Waals surface area (Å²) in [6, 6.07) is 9.65. The molecule has 0 fully saturated rings. The molecular weight excluding hydrogens is 316 g/mol. The highest BCUT2D eigenvalue weighted by molar-refractivity contribution is 9.10. The summed E-state index contributed by atoms with van der Waals surface area (Å²) in [7, 11) is 0. The minimum atomic E-state index is 0.368. The molecule has 0 spiro atoms. The van der Waals surface area contributed by atoms with Gasteiger partial charge >= 0.3 is 0 Å². The Balaban J connectivity index is 2.37. The number of anilines is 1. The number of nitrogens with two attached hydrogens (primary N) is 1. The number of benzene rings is 1. The number of hydrogen-bond donors (Lipinski definition) is 1. The van der Waals surface area contributed by atoms with E-state index in [0.717, 1.165) is 10.0 Å². The van der Waals surface area contributed by atoms with E-state index in [0.29, 0.717) is 22.2 Å². The fraction of sp³-hybridized carbons (Fsp3) is 0. The molecule has 0 amide bonds. The Morgan fingerprint density at radius 2 is 1.94 bits per heavy atom. The molecule has 18 heavy (non-hydrogen) atoms. The lowest BCUT2D eigenvalue weighted by molar-refractivity contribution is 0.954. The van der Waals surface area contributed by atoms with Gasteiger partial charge in [0.15, 0.2) is 5.65 Å². The molecular formula is C12H8BrClN4. The Morgan fingerprint density at radius 3 is 2.67 bits per heavy atom. The van der Waals surface area contributed by atoms with Gasteiger partial charge in [-0.15, -0.1) is 0 Å². The normalized spacial score (nSPS) is 11.0. The van der Waals surface area contributed by atoms with E-state index >= 15 is 0 Å². The number of halogens is 2. The molecule has 6 heteroatoms. The van der Waals surface area contributed by atoms with Crippen LogP contribution in [0.3, 0.4) is 0 Å². The van der Waals surface area contributed by atoms with Crippen molar-refractivity contribution in [2.75, 3.05) is 5.73 Å². The van der Waals surface area contributed by atoms with Gasteiger partial charge in [-0.2, -0.15) is 9.61 Å². The molecule has 0 aliphatic carbocycles. The summed E-state index contributed by atoms with van der Waals surface area (Å²) in [5.41, 5.74) is 8.34. The standard InChI is InChI=1S/C12H8BrClN4/c13-8-6-16-18-11(15)9(10(14)17-12(8)18)7-4-2-1-3-5-7/h1-6H,15H2. The fourth-order valence-electron chi connectivity index (χ4n) is 1.83.